The van der Waals surface area contributed by atoms with Gasteiger partial charge in [0, 0.05) is 0 Å². The Bertz CT molecular complexity index is 251. The lowest BCUT2D eigenvalue weighted by molar-refractivity contribution is 0.162. The highest BCUT2D eigenvalue weighted by atomic mass is 31.2. The number of hydrogen-bond donors (Lipinski definition) is 0. The first-order valence-corrected chi connectivity index (χ1v) is 11.1. The van der Waals surface area contributed by atoms with Crippen molar-refractivity contribution in [1.82, 2.24) is 0 Å². The van der Waals surface area contributed by atoms with E-state index in [0.717, 1.165) is 18.1 Å². The molecule has 0 aromatic heterocycles. The summed E-state index contributed by atoms with van der Waals surface area (Å²) in [4.78, 5) is 0. The predicted octanol–water partition coefficient (Wildman–Crippen LogP) is 4.62. The molecule has 0 amide bonds. The Balaban J connectivity index is 4.88. The molecule has 110 valence electrons. The van der Waals surface area contributed by atoms with Crippen LogP contribution < -0.4 is 0 Å². The summed E-state index contributed by atoms with van der Waals surface area (Å²) in [7, 11) is -4.91. The molecule has 0 saturated heterocycles. The molecule has 0 bridgehead atoms. The fraction of sp³-hybridized carbons (Fsp3) is 1.00. The van der Waals surface area contributed by atoms with Crippen LogP contribution in [0.15, 0.2) is 0 Å². The van der Waals surface area contributed by atoms with Gasteiger partial charge in [-0.3, -0.25) is 4.57 Å². The first-order valence-electron chi connectivity index (χ1n) is 7.00. The van der Waals surface area contributed by atoms with Gasteiger partial charge in [0.2, 0.25) is 0 Å². The molecule has 1 unspecified atom stereocenters. The second-order valence-corrected chi connectivity index (χ2v) is 11.4. The van der Waals surface area contributed by atoms with Gasteiger partial charge in [-0.2, -0.15) is 0 Å². The maximum atomic E-state index is 12.6. The lowest BCUT2D eigenvalue weighted by Gasteiger charge is -2.34. The molecule has 4 nitrogen and oxygen atoms in total. The first-order chi connectivity index (χ1) is 8.43. The topological polar surface area (TPSA) is 44.8 Å². The predicted molar refractivity (Wildman–Crippen MR) is 78.6 cm³/mol. The summed E-state index contributed by atoms with van der Waals surface area (Å²) in [6.45, 7) is 12.7. The van der Waals surface area contributed by atoms with Gasteiger partial charge in [-0.05, 0) is 38.9 Å². The van der Waals surface area contributed by atoms with Crippen molar-refractivity contribution in [3.8, 4) is 0 Å². The normalized spacial score (nSPS) is 14.8. The van der Waals surface area contributed by atoms with Crippen molar-refractivity contribution >= 4 is 15.9 Å². The van der Waals surface area contributed by atoms with Gasteiger partial charge in [0.1, 0.15) is 5.85 Å². The highest BCUT2D eigenvalue weighted by Gasteiger charge is 2.39. The monoisotopic (exact) mass is 296 g/mol. The Morgan fingerprint density at radius 2 is 1.33 bits per heavy atom. The molecule has 0 radical (unpaired) electrons. The van der Waals surface area contributed by atoms with Crippen LogP contribution in [0.25, 0.3) is 0 Å². The summed E-state index contributed by atoms with van der Waals surface area (Å²) < 4.78 is 29.5. The van der Waals surface area contributed by atoms with E-state index in [9.17, 15) is 4.57 Å². The summed E-state index contributed by atoms with van der Waals surface area (Å²) in [5, 5.41) is 0. The van der Waals surface area contributed by atoms with Gasteiger partial charge in [0.05, 0.1) is 13.2 Å². The van der Waals surface area contributed by atoms with E-state index < -0.39 is 21.8 Å². The summed E-state index contributed by atoms with van der Waals surface area (Å²) in [6.07, 6.45) is 0. The Morgan fingerprint density at radius 3 is 1.61 bits per heavy atom. The zero-order valence-electron chi connectivity index (χ0n) is 12.7. The van der Waals surface area contributed by atoms with Crippen LogP contribution in [0.4, 0.5) is 0 Å². The van der Waals surface area contributed by atoms with Crippen molar-refractivity contribution in [3.05, 3.63) is 0 Å². The molecule has 1 atom stereocenters. The van der Waals surface area contributed by atoms with Gasteiger partial charge in [-0.1, -0.05) is 20.8 Å². The summed E-state index contributed by atoms with van der Waals surface area (Å²) in [5.41, 5.74) is 0. The summed E-state index contributed by atoms with van der Waals surface area (Å²) >= 11 is 0. The van der Waals surface area contributed by atoms with Crippen molar-refractivity contribution in [2.45, 2.75) is 65.5 Å². The Hall–Kier alpha value is 0.327. The molecule has 0 aliphatic carbocycles. The minimum atomic E-state index is -3.13. The quantitative estimate of drug-likeness (QED) is 0.436. The second kappa shape index (κ2) is 8.49. The lowest BCUT2D eigenvalue weighted by Crippen LogP contribution is -2.39. The van der Waals surface area contributed by atoms with Gasteiger partial charge in [0.15, 0.2) is 8.32 Å². The van der Waals surface area contributed by atoms with Crippen molar-refractivity contribution in [2.24, 2.45) is 0 Å². The smallest absolute Gasteiger partial charge is 0.357 e. The van der Waals surface area contributed by atoms with E-state index in [-0.39, 0.29) is 0 Å². The third-order valence-electron chi connectivity index (χ3n) is 3.42. The first kappa shape index (κ1) is 18.3. The maximum absolute atomic E-state index is 12.6. The minimum absolute atomic E-state index is 0.379. The molecule has 0 heterocycles. The molecule has 0 rings (SSSR count). The highest BCUT2D eigenvalue weighted by molar-refractivity contribution is 7.54. The zero-order valence-corrected chi connectivity index (χ0v) is 14.6. The molecule has 0 spiro atoms. The van der Waals surface area contributed by atoms with Crippen LogP contribution >= 0.6 is 7.60 Å². The molecule has 0 N–H and O–H groups in total. The molecular weight excluding hydrogens is 267 g/mol. The van der Waals surface area contributed by atoms with Crippen molar-refractivity contribution < 1.29 is 18.0 Å². The van der Waals surface area contributed by atoms with Crippen molar-refractivity contribution in [1.29, 1.82) is 0 Å². The SMILES string of the molecule is CCOP(=O)(OCC)C(C)O[Si](CC)(CC)CC. The molecule has 18 heavy (non-hydrogen) atoms. The van der Waals surface area contributed by atoms with E-state index in [4.69, 9.17) is 13.5 Å². The largest absolute Gasteiger partial charge is 0.403 e. The van der Waals surface area contributed by atoms with Crippen LogP contribution in [0.3, 0.4) is 0 Å². The number of rotatable bonds is 10. The van der Waals surface area contributed by atoms with Gasteiger partial charge < -0.3 is 13.5 Å². The third kappa shape index (κ3) is 4.78. The fourth-order valence-electron chi connectivity index (χ4n) is 2.03. The van der Waals surface area contributed by atoms with Crippen molar-refractivity contribution in [3.63, 3.8) is 0 Å². The molecular formula is C12H29O4PSi. The van der Waals surface area contributed by atoms with Crippen molar-refractivity contribution in [2.75, 3.05) is 13.2 Å². The molecule has 0 fully saturated rings. The molecule has 0 aliphatic rings. The highest BCUT2D eigenvalue weighted by Crippen LogP contribution is 2.54. The summed E-state index contributed by atoms with van der Waals surface area (Å²) in [6, 6.07) is 3.09. The van der Waals surface area contributed by atoms with E-state index >= 15 is 0 Å². The average molecular weight is 296 g/mol. The van der Waals surface area contributed by atoms with Crippen LogP contribution in [0.1, 0.15) is 41.5 Å². The van der Waals surface area contributed by atoms with E-state index in [0.29, 0.717) is 13.2 Å². The van der Waals surface area contributed by atoms with Crippen LogP contribution in [-0.2, 0) is 18.0 Å². The zero-order chi connectivity index (χ0) is 14.2. The molecule has 6 heteroatoms. The minimum Gasteiger partial charge on any atom is -0.403 e. The van der Waals surface area contributed by atoms with E-state index in [1.807, 2.05) is 20.8 Å². The van der Waals surface area contributed by atoms with Gasteiger partial charge in [-0.25, -0.2) is 0 Å². The molecule has 0 aliphatic heterocycles. The lowest BCUT2D eigenvalue weighted by atomic mass is 10.9. The van der Waals surface area contributed by atoms with E-state index in [2.05, 4.69) is 20.8 Å². The van der Waals surface area contributed by atoms with Gasteiger partial charge >= 0.3 is 7.60 Å². The Labute approximate surface area is 113 Å². The van der Waals surface area contributed by atoms with Crippen LogP contribution in [0.5, 0.6) is 0 Å². The molecule has 0 aromatic carbocycles. The standard InChI is InChI=1S/C12H29O4PSi/c1-7-14-17(13,15-8-2)12(6)16-18(9-3,10-4)11-5/h12H,7-11H2,1-6H3. The van der Waals surface area contributed by atoms with Gasteiger partial charge in [-0.15, -0.1) is 0 Å². The maximum Gasteiger partial charge on any atom is 0.357 e. The van der Waals surface area contributed by atoms with Crippen LogP contribution in [0.2, 0.25) is 18.1 Å². The van der Waals surface area contributed by atoms with Gasteiger partial charge in [0.25, 0.3) is 0 Å². The summed E-state index contributed by atoms with van der Waals surface area (Å²) in [5.74, 6) is -0.469. The average Bonchev–Trinajstić information content (AvgIpc) is 2.36. The van der Waals surface area contributed by atoms with Crippen LogP contribution in [-0.4, -0.2) is 27.4 Å². The molecule has 0 saturated carbocycles. The van der Waals surface area contributed by atoms with E-state index in [1.54, 1.807) is 0 Å². The second-order valence-electron chi connectivity index (χ2n) is 4.34. The third-order valence-corrected chi connectivity index (χ3v) is 10.6. The molecule has 0 aromatic rings. The number of hydrogen-bond acceptors (Lipinski definition) is 4. The van der Waals surface area contributed by atoms with E-state index in [1.165, 1.54) is 0 Å². The fourth-order valence-corrected chi connectivity index (χ4v) is 7.16. The van der Waals surface area contributed by atoms with Crippen LogP contribution in [0, 0.1) is 0 Å². The Kier molecular flexibility index (Phi) is 8.64. The Morgan fingerprint density at radius 1 is 0.944 bits per heavy atom.